The lowest BCUT2D eigenvalue weighted by Crippen LogP contribution is -2.45. The molecule has 1 aromatic rings. The second kappa shape index (κ2) is 4.90. The van der Waals surface area contributed by atoms with Crippen molar-refractivity contribution in [2.75, 3.05) is 0 Å². The van der Waals surface area contributed by atoms with Gasteiger partial charge in [-0.3, -0.25) is 14.6 Å². The smallest absolute Gasteiger partial charge is 0.275 e. The molecule has 1 N–H and O–H groups in total. The number of aromatic nitrogens is 1. The molecule has 102 valence electrons. The van der Waals surface area contributed by atoms with Gasteiger partial charge in [0.1, 0.15) is 11.7 Å². The first-order valence-electron chi connectivity index (χ1n) is 6.73. The molecule has 2 aliphatic rings. The predicted molar refractivity (Wildman–Crippen MR) is 68.0 cm³/mol. The third-order valence-corrected chi connectivity index (χ3v) is 4.05. The van der Waals surface area contributed by atoms with Gasteiger partial charge in [0.15, 0.2) is 0 Å². The summed E-state index contributed by atoms with van der Waals surface area (Å²) >= 11 is 0. The minimum atomic E-state index is -0.636. The van der Waals surface area contributed by atoms with Gasteiger partial charge in [0.2, 0.25) is 0 Å². The highest BCUT2D eigenvalue weighted by atomic mass is 16.7. The highest BCUT2D eigenvalue weighted by Gasteiger charge is 2.51. The molecule has 19 heavy (non-hydrogen) atoms. The molecule has 0 aromatic carbocycles. The van der Waals surface area contributed by atoms with E-state index in [1.54, 1.807) is 12.4 Å². The molecule has 0 radical (unpaired) electrons. The van der Waals surface area contributed by atoms with Crippen molar-refractivity contribution in [3.8, 4) is 0 Å². The molecule has 2 fully saturated rings. The number of carbonyl (C=O) groups excluding carboxylic acids is 1. The van der Waals surface area contributed by atoms with Crippen LogP contribution in [-0.2, 0) is 14.4 Å². The molecule has 3 heterocycles. The molecule has 2 bridgehead atoms. The number of fused-ring (bicyclic) bond motifs is 2. The Bertz CT molecular complexity index is 455. The van der Waals surface area contributed by atoms with Crippen molar-refractivity contribution in [2.24, 2.45) is 0 Å². The topological polar surface area (TPSA) is 60.5 Å². The molecule has 0 aliphatic carbocycles. The van der Waals surface area contributed by atoms with Crippen molar-refractivity contribution in [2.45, 2.75) is 50.4 Å². The Balaban J connectivity index is 1.56. The van der Waals surface area contributed by atoms with E-state index in [2.05, 4.69) is 10.5 Å². The van der Waals surface area contributed by atoms with Gasteiger partial charge in [0.25, 0.3) is 5.91 Å². The van der Waals surface area contributed by atoms with Crippen molar-refractivity contribution in [1.82, 2.24) is 10.5 Å². The number of ether oxygens (including phenoxy) is 1. The fourth-order valence-corrected chi connectivity index (χ4v) is 2.83. The maximum atomic E-state index is 12.2. The SMILES string of the molecule is C[C@H](ONC(=O)C12CCC(CC1)O2)c1ccncc1. The lowest BCUT2D eigenvalue weighted by Gasteiger charge is -2.24. The molecule has 0 saturated carbocycles. The van der Waals surface area contributed by atoms with Crippen LogP contribution in [0.25, 0.3) is 0 Å². The Kier molecular flexibility index (Phi) is 3.24. The molecular formula is C14H18N2O3. The number of rotatable bonds is 4. The first kappa shape index (κ1) is 12.6. The molecule has 0 spiro atoms. The van der Waals surface area contributed by atoms with Crippen LogP contribution < -0.4 is 5.48 Å². The minimum absolute atomic E-state index is 0.145. The van der Waals surface area contributed by atoms with Crippen molar-refractivity contribution in [3.63, 3.8) is 0 Å². The maximum absolute atomic E-state index is 12.2. The Hall–Kier alpha value is -1.46. The van der Waals surface area contributed by atoms with Crippen molar-refractivity contribution in [3.05, 3.63) is 30.1 Å². The quantitative estimate of drug-likeness (QED) is 0.842. The average molecular weight is 262 g/mol. The van der Waals surface area contributed by atoms with Gasteiger partial charge in [0, 0.05) is 12.4 Å². The number of carbonyl (C=O) groups is 1. The summed E-state index contributed by atoms with van der Waals surface area (Å²) in [5, 5.41) is 0. The van der Waals surface area contributed by atoms with Gasteiger partial charge in [0.05, 0.1) is 6.10 Å². The number of pyridine rings is 1. The third kappa shape index (κ3) is 2.35. The van der Waals surface area contributed by atoms with Crippen LogP contribution in [0.1, 0.15) is 44.3 Å². The van der Waals surface area contributed by atoms with E-state index in [-0.39, 0.29) is 18.1 Å². The molecule has 5 nitrogen and oxygen atoms in total. The lowest BCUT2D eigenvalue weighted by molar-refractivity contribution is -0.157. The van der Waals surface area contributed by atoms with E-state index in [1.807, 2.05) is 19.1 Å². The van der Waals surface area contributed by atoms with E-state index in [0.717, 1.165) is 31.2 Å². The van der Waals surface area contributed by atoms with E-state index in [9.17, 15) is 4.79 Å². The summed E-state index contributed by atoms with van der Waals surface area (Å²) in [4.78, 5) is 21.6. The van der Waals surface area contributed by atoms with E-state index >= 15 is 0 Å². The van der Waals surface area contributed by atoms with Crippen LogP contribution in [0.4, 0.5) is 0 Å². The van der Waals surface area contributed by atoms with E-state index < -0.39 is 5.60 Å². The number of amides is 1. The van der Waals surface area contributed by atoms with Crippen LogP contribution in [0.2, 0.25) is 0 Å². The molecule has 2 saturated heterocycles. The monoisotopic (exact) mass is 262 g/mol. The Morgan fingerprint density at radius 1 is 1.47 bits per heavy atom. The van der Waals surface area contributed by atoms with E-state index in [4.69, 9.17) is 9.57 Å². The number of nitrogens with one attached hydrogen (secondary N) is 1. The summed E-state index contributed by atoms with van der Waals surface area (Å²) in [5.74, 6) is -0.145. The molecular weight excluding hydrogens is 244 g/mol. The van der Waals surface area contributed by atoms with Crippen LogP contribution in [-0.4, -0.2) is 22.6 Å². The van der Waals surface area contributed by atoms with Gasteiger partial charge in [-0.15, -0.1) is 0 Å². The first-order chi connectivity index (χ1) is 9.20. The minimum Gasteiger partial charge on any atom is -0.362 e. The largest absolute Gasteiger partial charge is 0.362 e. The summed E-state index contributed by atoms with van der Waals surface area (Å²) in [6.45, 7) is 1.89. The van der Waals surface area contributed by atoms with Gasteiger partial charge in [-0.2, -0.15) is 0 Å². The molecule has 1 atom stereocenters. The zero-order valence-corrected chi connectivity index (χ0v) is 11.0. The Morgan fingerprint density at radius 3 is 2.74 bits per heavy atom. The van der Waals surface area contributed by atoms with Crippen molar-refractivity contribution >= 4 is 5.91 Å². The van der Waals surface area contributed by atoms with Gasteiger partial charge in [-0.25, -0.2) is 5.48 Å². The number of hydrogen-bond donors (Lipinski definition) is 1. The van der Waals surface area contributed by atoms with Crippen LogP contribution in [0, 0.1) is 0 Å². The average Bonchev–Trinajstić information content (AvgIpc) is 3.07. The molecule has 0 unspecified atom stereocenters. The fraction of sp³-hybridized carbons (Fsp3) is 0.571. The zero-order valence-electron chi connectivity index (χ0n) is 11.0. The summed E-state index contributed by atoms with van der Waals surface area (Å²) in [7, 11) is 0. The molecule has 2 aliphatic heterocycles. The van der Waals surface area contributed by atoms with Gasteiger partial charge < -0.3 is 4.74 Å². The number of hydroxylamine groups is 1. The highest BCUT2D eigenvalue weighted by molar-refractivity contribution is 5.85. The van der Waals surface area contributed by atoms with Crippen LogP contribution in [0.3, 0.4) is 0 Å². The van der Waals surface area contributed by atoms with Gasteiger partial charge in [-0.05, 0) is 50.3 Å². The molecule has 1 aromatic heterocycles. The van der Waals surface area contributed by atoms with Crippen molar-refractivity contribution in [1.29, 1.82) is 0 Å². The third-order valence-electron chi connectivity index (χ3n) is 4.05. The Labute approximate surface area is 112 Å². The highest BCUT2D eigenvalue weighted by Crippen LogP contribution is 2.43. The zero-order chi connectivity index (χ0) is 13.3. The maximum Gasteiger partial charge on any atom is 0.275 e. The lowest BCUT2D eigenvalue weighted by atomic mass is 9.88. The van der Waals surface area contributed by atoms with Gasteiger partial charge in [-0.1, -0.05) is 0 Å². The van der Waals surface area contributed by atoms with Crippen LogP contribution >= 0.6 is 0 Å². The van der Waals surface area contributed by atoms with E-state index in [1.165, 1.54) is 0 Å². The second-order valence-electron chi connectivity index (χ2n) is 5.28. The standard InChI is InChI=1S/C14H18N2O3/c1-10(11-4-8-15-9-5-11)19-16-13(17)14-6-2-12(18-14)3-7-14/h4-5,8-10,12H,2-3,6-7H2,1H3,(H,16,17)/t10-,12?,14?/m0/s1. The molecule has 3 rings (SSSR count). The molecule has 5 heteroatoms. The van der Waals surface area contributed by atoms with Gasteiger partial charge >= 0.3 is 0 Å². The van der Waals surface area contributed by atoms with E-state index in [0.29, 0.717) is 0 Å². The normalized spacial score (nSPS) is 30.3. The second-order valence-corrected chi connectivity index (χ2v) is 5.28. The Morgan fingerprint density at radius 2 is 2.16 bits per heavy atom. The number of hydrogen-bond acceptors (Lipinski definition) is 4. The summed E-state index contributed by atoms with van der Waals surface area (Å²) in [6.07, 6.45) is 7.04. The molecule has 1 amide bonds. The number of nitrogens with zero attached hydrogens (tertiary/aromatic N) is 1. The summed E-state index contributed by atoms with van der Waals surface area (Å²) in [6, 6.07) is 3.74. The van der Waals surface area contributed by atoms with Crippen LogP contribution in [0.15, 0.2) is 24.5 Å². The predicted octanol–water partition coefficient (Wildman–Crippen LogP) is 1.90. The fourth-order valence-electron chi connectivity index (χ4n) is 2.83. The first-order valence-corrected chi connectivity index (χ1v) is 6.73. The summed E-state index contributed by atoms with van der Waals surface area (Å²) < 4.78 is 5.76. The van der Waals surface area contributed by atoms with Crippen LogP contribution in [0.5, 0.6) is 0 Å². The van der Waals surface area contributed by atoms with Crippen molar-refractivity contribution < 1.29 is 14.4 Å². The summed E-state index contributed by atoms with van der Waals surface area (Å²) in [5.41, 5.74) is 2.90.